The average Bonchev–Trinajstić information content (AvgIpc) is 2.24. The van der Waals surface area contributed by atoms with Crippen molar-refractivity contribution in [1.82, 2.24) is 10.6 Å². The summed E-state index contributed by atoms with van der Waals surface area (Å²) in [5.41, 5.74) is 0. The van der Waals surface area contributed by atoms with E-state index in [4.69, 9.17) is 0 Å². The van der Waals surface area contributed by atoms with Gasteiger partial charge in [-0.2, -0.15) is 11.8 Å². The Morgan fingerprint density at radius 2 is 2.00 bits per heavy atom. The van der Waals surface area contributed by atoms with Crippen LogP contribution >= 0.6 is 11.8 Å². The summed E-state index contributed by atoms with van der Waals surface area (Å²) in [7, 11) is 0. The fourth-order valence-corrected chi connectivity index (χ4v) is 2.14. The first kappa shape index (κ1) is 15.8. The van der Waals surface area contributed by atoms with Gasteiger partial charge < -0.3 is 10.6 Å². The zero-order valence-electron chi connectivity index (χ0n) is 11.0. The number of carbonyl (C=O) groups excluding carboxylic acids is 1. The Kier molecular flexibility index (Phi) is 9.83. The summed E-state index contributed by atoms with van der Waals surface area (Å²) >= 11 is 1.79. The van der Waals surface area contributed by atoms with Crippen molar-refractivity contribution in [3.05, 3.63) is 0 Å². The second-order valence-corrected chi connectivity index (χ2v) is 5.15. The lowest BCUT2D eigenvalue weighted by molar-refractivity contribution is -0.122. The number of rotatable bonds is 9. The minimum absolute atomic E-state index is 0.0937. The van der Waals surface area contributed by atoms with Crippen LogP contribution in [0.1, 0.15) is 40.0 Å². The summed E-state index contributed by atoms with van der Waals surface area (Å²) in [6, 6.07) is 0.287. The minimum Gasteiger partial charge on any atom is -0.355 e. The highest BCUT2D eigenvalue weighted by Crippen LogP contribution is 1.98. The highest BCUT2D eigenvalue weighted by molar-refractivity contribution is 7.98. The lowest BCUT2D eigenvalue weighted by Crippen LogP contribution is -2.46. The topological polar surface area (TPSA) is 41.1 Å². The van der Waals surface area contributed by atoms with Gasteiger partial charge in [0.2, 0.25) is 5.91 Å². The standard InChI is InChI=1S/C12H26N2OS/c1-5-6-7-8-13-12(15)11(3)14-10(2)9-16-4/h10-11,14H,5-9H2,1-4H3,(H,13,15). The summed E-state index contributed by atoms with van der Waals surface area (Å²) in [5.74, 6) is 1.15. The molecule has 2 atom stereocenters. The highest BCUT2D eigenvalue weighted by Gasteiger charge is 2.13. The van der Waals surface area contributed by atoms with Crippen LogP contribution in [0.3, 0.4) is 0 Å². The van der Waals surface area contributed by atoms with Crippen LogP contribution in [0.25, 0.3) is 0 Å². The number of amides is 1. The van der Waals surface area contributed by atoms with Gasteiger partial charge in [0.1, 0.15) is 0 Å². The molecular weight excluding hydrogens is 220 g/mol. The summed E-state index contributed by atoms with van der Waals surface area (Å²) in [6.45, 7) is 7.00. The van der Waals surface area contributed by atoms with Gasteiger partial charge in [-0.25, -0.2) is 0 Å². The summed E-state index contributed by atoms with van der Waals surface area (Å²) in [4.78, 5) is 11.7. The van der Waals surface area contributed by atoms with Crippen LogP contribution in [-0.4, -0.2) is 36.5 Å². The van der Waals surface area contributed by atoms with E-state index < -0.39 is 0 Å². The van der Waals surface area contributed by atoms with Crippen LogP contribution in [0.5, 0.6) is 0 Å². The van der Waals surface area contributed by atoms with E-state index in [9.17, 15) is 4.79 Å². The smallest absolute Gasteiger partial charge is 0.236 e. The predicted octanol–water partition coefficient (Wildman–Crippen LogP) is 2.02. The molecule has 0 aliphatic carbocycles. The van der Waals surface area contributed by atoms with Crippen LogP contribution < -0.4 is 10.6 Å². The van der Waals surface area contributed by atoms with Gasteiger partial charge in [0.25, 0.3) is 0 Å². The van der Waals surface area contributed by atoms with Crippen molar-refractivity contribution in [2.75, 3.05) is 18.6 Å². The molecule has 4 heteroatoms. The number of hydrogen-bond donors (Lipinski definition) is 2. The van der Waals surface area contributed by atoms with Crippen molar-refractivity contribution in [3.63, 3.8) is 0 Å². The summed E-state index contributed by atoms with van der Waals surface area (Å²) in [5, 5.41) is 6.25. The zero-order chi connectivity index (χ0) is 12.4. The second kappa shape index (κ2) is 9.97. The van der Waals surface area contributed by atoms with E-state index in [1.807, 2.05) is 6.92 Å². The van der Waals surface area contributed by atoms with Gasteiger partial charge in [0, 0.05) is 18.3 Å². The molecule has 0 fully saturated rings. The van der Waals surface area contributed by atoms with Gasteiger partial charge in [-0.05, 0) is 26.5 Å². The van der Waals surface area contributed by atoms with E-state index in [1.165, 1.54) is 12.8 Å². The van der Waals surface area contributed by atoms with Gasteiger partial charge >= 0.3 is 0 Å². The molecule has 0 saturated carbocycles. The number of unbranched alkanes of at least 4 members (excludes halogenated alkanes) is 2. The Hall–Kier alpha value is -0.220. The van der Waals surface area contributed by atoms with Crippen molar-refractivity contribution in [2.24, 2.45) is 0 Å². The monoisotopic (exact) mass is 246 g/mol. The first-order valence-electron chi connectivity index (χ1n) is 6.14. The molecule has 16 heavy (non-hydrogen) atoms. The summed E-state index contributed by atoms with van der Waals surface area (Å²) in [6.07, 6.45) is 5.53. The first-order chi connectivity index (χ1) is 7.61. The minimum atomic E-state index is -0.0937. The largest absolute Gasteiger partial charge is 0.355 e. The Bertz CT molecular complexity index is 188. The van der Waals surface area contributed by atoms with E-state index in [0.29, 0.717) is 6.04 Å². The zero-order valence-corrected chi connectivity index (χ0v) is 11.8. The van der Waals surface area contributed by atoms with Gasteiger partial charge in [-0.1, -0.05) is 19.8 Å². The predicted molar refractivity (Wildman–Crippen MR) is 73.0 cm³/mol. The number of hydrogen-bond acceptors (Lipinski definition) is 3. The maximum Gasteiger partial charge on any atom is 0.236 e. The van der Waals surface area contributed by atoms with E-state index in [-0.39, 0.29) is 11.9 Å². The van der Waals surface area contributed by atoms with Crippen LogP contribution in [-0.2, 0) is 4.79 Å². The fraction of sp³-hybridized carbons (Fsp3) is 0.917. The molecule has 0 saturated heterocycles. The second-order valence-electron chi connectivity index (χ2n) is 4.24. The van der Waals surface area contributed by atoms with Gasteiger partial charge in [0.15, 0.2) is 0 Å². The Balaban J connectivity index is 3.64. The molecule has 0 rings (SSSR count). The fourth-order valence-electron chi connectivity index (χ4n) is 1.54. The Morgan fingerprint density at radius 1 is 1.31 bits per heavy atom. The third kappa shape index (κ3) is 7.99. The van der Waals surface area contributed by atoms with Gasteiger partial charge in [0.05, 0.1) is 6.04 Å². The van der Waals surface area contributed by atoms with Crippen molar-refractivity contribution < 1.29 is 4.79 Å². The normalized spacial score (nSPS) is 14.5. The third-order valence-corrected chi connectivity index (χ3v) is 3.26. The molecule has 0 aromatic carbocycles. The van der Waals surface area contributed by atoms with Crippen LogP contribution in [0.4, 0.5) is 0 Å². The molecule has 1 amide bonds. The molecule has 2 N–H and O–H groups in total. The molecule has 0 radical (unpaired) electrons. The number of thioether (sulfide) groups is 1. The molecule has 2 unspecified atom stereocenters. The maximum absolute atomic E-state index is 11.7. The first-order valence-corrected chi connectivity index (χ1v) is 7.53. The lowest BCUT2D eigenvalue weighted by Gasteiger charge is -2.18. The molecule has 96 valence electrons. The van der Waals surface area contributed by atoms with Gasteiger partial charge in [-0.15, -0.1) is 0 Å². The molecule has 0 aromatic rings. The van der Waals surface area contributed by atoms with Crippen molar-refractivity contribution in [2.45, 2.75) is 52.1 Å². The van der Waals surface area contributed by atoms with Crippen molar-refractivity contribution >= 4 is 17.7 Å². The highest BCUT2D eigenvalue weighted by atomic mass is 32.2. The third-order valence-electron chi connectivity index (χ3n) is 2.42. The maximum atomic E-state index is 11.7. The van der Waals surface area contributed by atoms with E-state index in [2.05, 4.69) is 30.7 Å². The molecule has 0 heterocycles. The number of carbonyl (C=O) groups is 1. The van der Waals surface area contributed by atoms with Crippen LogP contribution in [0.15, 0.2) is 0 Å². The van der Waals surface area contributed by atoms with E-state index in [0.717, 1.165) is 18.7 Å². The van der Waals surface area contributed by atoms with Crippen molar-refractivity contribution in [1.29, 1.82) is 0 Å². The molecular formula is C12H26N2OS. The molecule has 0 aliphatic rings. The Morgan fingerprint density at radius 3 is 2.56 bits per heavy atom. The van der Waals surface area contributed by atoms with Gasteiger partial charge in [-0.3, -0.25) is 4.79 Å². The quantitative estimate of drug-likeness (QED) is 0.612. The number of nitrogens with one attached hydrogen (secondary N) is 2. The lowest BCUT2D eigenvalue weighted by atomic mass is 10.2. The summed E-state index contributed by atoms with van der Waals surface area (Å²) < 4.78 is 0. The Labute approximate surface area is 104 Å². The average molecular weight is 246 g/mol. The van der Waals surface area contributed by atoms with E-state index in [1.54, 1.807) is 11.8 Å². The van der Waals surface area contributed by atoms with Crippen LogP contribution in [0.2, 0.25) is 0 Å². The van der Waals surface area contributed by atoms with E-state index >= 15 is 0 Å². The SMILES string of the molecule is CCCCCNC(=O)C(C)NC(C)CSC. The molecule has 3 nitrogen and oxygen atoms in total. The molecule has 0 spiro atoms. The molecule has 0 aliphatic heterocycles. The van der Waals surface area contributed by atoms with Crippen LogP contribution in [0, 0.1) is 0 Å². The van der Waals surface area contributed by atoms with Crippen molar-refractivity contribution in [3.8, 4) is 0 Å². The molecule has 0 bridgehead atoms. The molecule has 0 aromatic heterocycles.